The second-order valence-corrected chi connectivity index (χ2v) is 5.02. The fourth-order valence-corrected chi connectivity index (χ4v) is 2.07. The summed E-state index contributed by atoms with van der Waals surface area (Å²) in [5.41, 5.74) is 6.42. The van der Waals surface area contributed by atoms with Crippen LogP contribution in [0.5, 0.6) is 17.2 Å². The normalized spacial score (nSPS) is 11.6. The van der Waals surface area contributed by atoms with E-state index in [1.165, 1.54) is 13.2 Å². The molecule has 0 saturated carbocycles. The van der Waals surface area contributed by atoms with Crippen molar-refractivity contribution >= 4 is 5.91 Å². The van der Waals surface area contributed by atoms with E-state index in [0.29, 0.717) is 23.6 Å². The van der Waals surface area contributed by atoms with Gasteiger partial charge in [-0.15, -0.1) is 0 Å². The van der Waals surface area contributed by atoms with E-state index in [9.17, 15) is 15.0 Å². The molecule has 0 bridgehead atoms. The molecule has 24 heavy (non-hydrogen) atoms. The van der Waals surface area contributed by atoms with Gasteiger partial charge in [0.1, 0.15) is 5.75 Å². The Morgan fingerprint density at radius 3 is 2.46 bits per heavy atom. The number of hydrogen-bond donors (Lipinski definition) is 4. The van der Waals surface area contributed by atoms with Crippen molar-refractivity contribution < 1.29 is 24.5 Å². The number of aliphatic hydroxyl groups is 1. The van der Waals surface area contributed by atoms with Crippen molar-refractivity contribution in [1.29, 1.82) is 0 Å². The Balaban J connectivity index is 1.88. The molecule has 0 saturated heterocycles. The fraction of sp³-hybridized carbons (Fsp3) is 0.235. The SMILES string of the molecule is COc1ccc(C(O)C(=O)NNCc2ccc(O)c(OC)c2)cc1. The smallest absolute Gasteiger partial charge is 0.267 e. The molecule has 1 atom stereocenters. The van der Waals surface area contributed by atoms with Gasteiger partial charge in [-0.2, -0.15) is 0 Å². The van der Waals surface area contributed by atoms with Crippen molar-refractivity contribution in [2.45, 2.75) is 12.6 Å². The number of phenolic OH excluding ortho intramolecular Hbond substituents is 1. The average Bonchev–Trinajstić information content (AvgIpc) is 2.62. The molecule has 0 fully saturated rings. The largest absolute Gasteiger partial charge is 0.504 e. The van der Waals surface area contributed by atoms with Gasteiger partial charge in [-0.05, 0) is 35.4 Å². The summed E-state index contributed by atoms with van der Waals surface area (Å²) in [4.78, 5) is 11.9. The zero-order chi connectivity index (χ0) is 17.5. The van der Waals surface area contributed by atoms with E-state index in [4.69, 9.17) is 9.47 Å². The molecule has 7 heteroatoms. The lowest BCUT2D eigenvalue weighted by molar-refractivity contribution is -0.130. The second-order valence-electron chi connectivity index (χ2n) is 5.02. The van der Waals surface area contributed by atoms with Crippen LogP contribution in [0.15, 0.2) is 42.5 Å². The molecule has 1 unspecified atom stereocenters. The predicted molar refractivity (Wildman–Crippen MR) is 87.6 cm³/mol. The van der Waals surface area contributed by atoms with Crippen molar-refractivity contribution in [2.24, 2.45) is 0 Å². The molecule has 0 heterocycles. The minimum absolute atomic E-state index is 0.0419. The maximum Gasteiger partial charge on any atom is 0.267 e. The summed E-state index contributed by atoms with van der Waals surface area (Å²) in [6.07, 6.45) is -1.29. The van der Waals surface area contributed by atoms with Crippen LogP contribution < -0.4 is 20.3 Å². The average molecular weight is 332 g/mol. The molecular weight excluding hydrogens is 312 g/mol. The number of benzene rings is 2. The van der Waals surface area contributed by atoms with Crippen LogP contribution in [0.4, 0.5) is 0 Å². The molecule has 0 spiro atoms. The number of phenols is 1. The lowest BCUT2D eigenvalue weighted by atomic mass is 10.1. The van der Waals surface area contributed by atoms with Crippen LogP contribution in [-0.2, 0) is 11.3 Å². The van der Waals surface area contributed by atoms with E-state index < -0.39 is 12.0 Å². The summed E-state index contributed by atoms with van der Waals surface area (Å²) in [7, 11) is 3.00. The van der Waals surface area contributed by atoms with Gasteiger partial charge in [0.25, 0.3) is 5.91 Å². The summed E-state index contributed by atoms with van der Waals surface area (Å²) in [6.45, 7) is 0.303. The zero-order valence-electron chi connectivity index (χ0n) is 13.4. The number of methoxy groups -OCH3 is 2. The van der Waals surface area contributed by atoms with E-state index >= 15 is 0 Å². The highest BCUT2D eigenvalue weighted by Gasteiger charge is 2.17. The van der Waals surface area contributed by atoms with Crippen LogP contribution >= 0.6 is 0 Å². The van der Waals surface area contributed by atoms with E-state index in [1.54, 1.807) is 43.5 Å². The van der Waals surface area contributed by atoms with Crippen LogP contribution in [0, 0.1) is 0 Å². The van der Waals surface area contributed by atoms with Crippen LogP contribution in [0.1, 0.15) is 17.2 Å². The Labute approximate surface area is 139 Å². The standard InChI is InChI=1S/C17H20N2O5/c1-23-13-6-4-12(5-7-13)16(21)17(22)19-18-10-11-3-8-14(20)15(9-11)24-2/h3-9,16,18,20-21H,10H2,1-2H3,(H,19,22). The summed E-state index contributed by atoms with van der Waals surface area (Å²) in [5.74, 6) is 0.454. The Kier molecular flexibility index (Phi) is 6.00. The highest BCUT2D eigenvalue weighted by atomic mass is 16.5. The van der Waals surface area contributed by atoms with Gasteiger partial charge >= 0.3 is 0 Å². The van der Waals surface area contributed by atoms with Crippen molar-refractivity contribution in [2.75, 3.05) is 14.2 Å². The van der Waals surface area contributed by atoms with E-state index in [0.717, 1.165) is 5.56 Å². The molecule has 4 N–H and O–H groups in total. The molecule has 128 valence electrons. The summed E-state index contributed by atoms with van der Waals surface area (Å²) in [5, 5.41) is 19.6. The van der Waals surface area contributed by atoms with Crippen molar-refractivity contribution in [3.05, 3.63) is 53.6 Å². The first-order valence-electron chi connectivity index (χ1n) is 7.25. The Bertz CT molecular complexity index is 688. The number of aromatic hydroxyl groups is 1. The van der Waals surface area contributed by atoms with Gasteiger partial charge in [0, 0.05) is 6.54 Å². The minimum atomic E-state index is -1.29. The third-order valence-electron chi connectivity index (χ3n) is 3.43. The van der Waals surface area contributed by atoms with E-state index in [1.807, 2.05) is 0 Å². The highest BCUT2D eigenvalue weighted by molar-refractivity contribution is 5.81. The lowest BCUT2D eigenvalue weighted by Crippen LogP contribution is -2.39. The maximum atomic E-state index is 11.9. The van der Waals surface area contributed by atoms with Gasteiger partial charge < -0.3 is 19.7 Å². The highest BCUT2D eigenvalue weighted by Crippen LogP contribution is 2.26. The quantitative estimate of drug-likeness (QED) is 0.570. The summed E-state index contributed by atoms with van der Waals surface area (Å²) < 4.78 is 10.0. The third kappa shape index (κ3) is 4.37. The molecule has 2 rings (SSSR count). The molecule has 2 aromatic carbocycles. The minimum Gasteiger partial charge on any atom is -0.504 e. The second kappa shape index (κ2) is 8.19. The van der Waals surface area contributed by atoms with Gasteiger partial charge in [-0.3, -0.25) is 10.2 Å². The predicted octanol–water partition coefficient (Wildman–Crippen LogP) is 1.26. The van der Waals surface area contributed by atoms with Crippen LogP contribution in [0.3, 0.4) is 0 Å². The molecule has 0 aromatic heterocycles. The number of rotatable bonds is 7. The molecule has 0 aliphatic rings. The third-order valence-corrected chi connectivity index (χ3v) is 3.43. The zero-order valence-corrected chi connectivity index (χ0v) is 13.4. The van der Waals surface area contributed by atoms with E-state index in [2.05, 4.69) is 10.9 Å². The van der Waals surface area contributed by atoms with E-state index in [-0.39, 0.29) is 5.75 Å². The first-order valence-corrected chi connectivity index (χ1v) is 7.25. The van der Waals surface area contributed by atoms with Gasteiger partial charge in [0.15, 0.2) is 17.6 Å². The first-order chi connectivity index (χ1) is 11.5. The molecule has 0 aliphatic heterocycles. The number of hydrazine groups is 1. The number of carbonyl (C=O) groups is 1. The number of amides is 1. The number of ether oxygens (including phenoxy) is 2. The van der Waals surface area contributed by atoms with Crippen molar-refractivity contribution in [3.63, 3.8) is 0 Å². The summed E-state index contributed by atoms with van der Waals surface area (Å²) >= 11 is 0. The molecule has 0 aliphatic carbocycles. The van der Waals surface area contributed by atoms with Gasteiger partial charge in [0.2, 0.25) is 0 Å². The molecule has 0 radical (unpaired) electrons. The molecule has 2 aromatic rings. The van der Waals surface area contributed by atoms with Crippen LogP contribution in [0.2, 0.25) is 0 Å². The fourth-order valence-electron chi connectivity index (χ4n) is 2.07. The molecular formula is C17H20N2O5. The van der Waals surface area contributed by atoms with Gasteiger partial charge in [0.05, 0.1) is 14.2 Å². The maximum absolute atomic E-state index is 11.9. The van der Waals surface area contributed by atoms with Crippen molar-refractivity contribution in [1.82, 2.24) is 10.9 Å². The van der Waals surface area contributed by atoms with Gasteiger partial charge in [-0.1, -0.05) is 18.2 Å². The Morgan fingerprint density at radius 2 is 1.83 bits per heavy atom. The molecule has 1 amide bonds. The molecule has 7 nitrogen and oxygen atoms in total. The Morgan fingerprint density at radius 1 is 1.12 bits per heavy atom. The summed E-state index contributed by atoms with van der Waals surface area (Å²) in [6, 6.07) is 11.4. The number of hydrogen-bond acceptors (Lipinski definition) is 6. The topological polar surface area (TPSA) is 100 Å². The van der Waals surface area contributed by atoms with Crippen LogP contribution in [-0.4, -0.2) is 30.3 Å². The lowest BCUT2D eigenvalue weighted by Gasteiger charge is -2.13. The number of nitrogens with one attached hydrogen (secondary N) is 2. The number of aliphatic hydroxyl groups excluding tert-OH is 1. The van der Waals surface area contributed by atoms with Crippen LogP contribution in [0.25, 0.3) is 0 Å². The Hall–Kier alpha value is -2.77. The first kappa shape index (κ1) is 17.6. The monoisotopic (exact) mass is 332 g/mol. The van der Waals surface area contributed by atoms with Crippen molar-refractivity contribution in [3.8, 4) is 17.2 Å². The van der Waals surface area contributed by atoms with Gasteiger partial charge in [-0.25, -0.2) is 5.43 Å². The number of carbonyl (C=O) groups excluding carboxylic acids is 1.